The highest BCUT2D eigenvalue weighted by atomic mass is 79.9. The molecule has 0 bridgehead atoms. The molecule has 0 heterocycles. The number of aliphatic carboxylic acids is 1. The molecular formula is C8H7BrN2O6S. The van der Waals surface area contributed by atoms with Crippen molar-refractivity contribution in [1.29, 1.82) is 0 Å². The minimum absolute atomic E-state index is 0.0776. The lowest BCUT2D eigenvalue weighted by Gasteiger charge is -2.06. The lowest BCUT2D eigenvalue weighted by molar-refractivity contribution is -0.385. The number of sulfonamides is 1. The standard InChI is InChI=1S/C8H7BrN2O6S/c9-6-2-1-5(3-7(6)11(14)15)10-18(16,17)4-8(12)13/h1-3,10H,4H2,(H,12,13). The average Bonchev–Trinajstić information content (AvgIpc) is 2.18. The summed E-state index contributed by atoms with van der Waals surface area (Å²) in [6.45, 7) is 0. The number of nitrogens with one attached hydrogen (secondary N) is 1. The Labute approximate surface area is 110 Å². The molecular weight excluding hydrogens is 332 g/mol. The van der Waals surface area contributed by atoms with Crippen LogP contribution in [0.4, 0.5) is 11.4 Å². The maximum absolute atomic E-state index is 11.3. The molecule has 0 aliphatic carbocycles. The predicted octanol–water partition coefficient (Wildman–Crippen LogP) is 1.18. The monoisotopic (exact) mass is 338 g/mol. The van der Waals surface area contributed by atoms with E-state index >= 15 is 0 Å². The zero-order chi connectivity index (χ0) is 13.9. The summed E-state index contributed by atoms with van der Waals surface area (Å²) >= 11 is 2.94. The summed E-state index contributed by atoms with van der Waals surface area (Å²) in [7, 11) is -4.08. The van der Waals surface area contributed by atoms with E-state index in [9.17, 15) is 23.3 Å². The highest BCUT2D eigenvalue weighted by Crippen LogP contribution is 2.28. The molecule has 0 amide bonds. The second-order valence-corrected chi connectivity index (χ2v) is 5.75. The molecule has 0 saturated carbocycles. The van der Waals surface area contributed by atoms with Gasteiger partial charge in [0.1, 0.15) is 0 Å². The van der Waals surface area contributed by atoms with E-state index in [1.165, 1.54) is 12.1 Å². The third-order valence-corrected chi connectivity index (χ3v) is 3.57. The first-order valence-electron chi connectivity index (χ1n) is 4.37. The number of rotatable bonds is 5. The zero-order valence-electron chi connectivity index (χ0n) is 8.66. The van der Waals surface area contributed by atoms with Crippen LogP contribution in [0.3, 0.4) is 0 Å². The number of anilines is 1. The Morgan fingerprint density at radius 3 is 2.61 bits per heavy atom. The molecule has 0 unspecified atom stereocenters. The van der Waals surface area contributed by atoms with Gasteiger partial charge in [-0.2, -0.15) is 0 Å². The number of carboxylic acids is 1. The molecule has 0 fully saturated rings. The van der Waals surface area contributed by atoms with Gasteiger partial charge in [0.05, 0.1) is 15.1 Å². The number of carboxylic acid groups (broad SMARTS) is 1. The largest absolute Gasteiger partial charge is 0.480 e. The third-order valence-electron chi connectivity index (χ3n) is 1.73. The lowest BCUT2D eigenvalue weighted by Crippen LogP contribution is -2.22. The fraction of sp³-hybridized carbons (Fsp3) is 0.125. The number of halogens is 1. The van der Waals surface area contributed by atoms with E-state index in [0.29, 0.717) is 0 Å². The van der Waals surface area contributed by atoms with Gasteiger partial charge in [-0.1, -0.05) is 0 Å². The van der Waals surface area contributed by atoms with Crippen LogP contribution in [-0.4, -0.2) is 30.2 Å². The van der Waals surface area contributed by atoms with E-state index in [-0.39, 0.29) is 15.8 Å². The Morgan fingerprint density at radius 1 is 1.50 bits per heavy atom. The zero-order valence-corrected chi connectivity index (χ0v) is 11.1. The number of hydrogen-bond donors (Lipinski definition) is 2. The molecule has 0 aliphatic heterocycles. The van der Waals surface area contributed by atoms with Crippen molar-refractivity contribution in [3.63, 3.8) is 0 Å². The number of hydrogen-bond acceptors (Lipinski definition) is 5. The van der Waals surface area contributed by atoms with Gasteiger partial charge in [0, 0.05) is 6.07 Å². The molecule has 0 saturated heterocycles. The van der Waals surface area contributed by atoms with Crippen molar-refractivity contribution in [2.75, 3.05) is 10.5 Å². The first kappa shape index (κ1) is 14.4. The smallest absolute Gasteiger partial charge is 0.320 e. The van der Waals surface area contributed by atoms with E-state index < -0.39 is 26.7 Å². The number of nitro benzene ring substituents is 1. The third kappa shape index (κ3) is 3.96. The summed E-state index contributed by atoms with van der Waals surface area (Å²) in [6.07, 6.45) is 0. The van der Waals surface area contributed by atoms with Crippen molar-refractivity contribution >= 4 is 43.3 Å². The van der Waals surface area contributed by atoms with Crippen molar-refractivity contribution in [3.8, 4) is 0 Å². The second kappa shape index (κ2) is 5.31. The van der Waals surface area contributed by atoms with Crippen LogP contribution in [0.15, 0.2) is 22.7 Å². The van der Waals surface area contributed by atoms with Crippen LogP contribution in [0.25, 0.3) is 0 Å². The minimum atomic E-state index is -4.08. The van der Waals surface area contributed by atoms with E-state index in [0.717, 1.165) is 6.07 Å². The van der Waals surface area contributed by atoms with Gasteiger partial charge >= 0.3 is 5.97 Å². The summed E-state index contributed by atoms with van der Waals surface area (Å²) in [6, 6.07) is 3.55. The molecule has 0 spiro atoms. The Bertz CT molecular complexity index is 600. The fourth-order valence-corrected chi connectivity index (χ4v) is 2.37. The summed E-state index contributed by atoms with van der Waals surface area (Å²) in [5.41, 5.74) is -0.406. The summed E-state index contributed by atoms with van der Waals surface area (Å²) < 4.78 is 24.7. The lowest BCUT2D eigenvalue weighted by atomic mass is 10.3. The summed E-state index contributed by atoms with van der Waals surface area (Å²) in [4.78, 5) is 20.2. The van der Waals surface area contributed by atoms with Gasteiger partial charge in [-0.05, 0) is 28.1 Å². The van der Waals surface area contributed by atoms with Crippen LogP contribution < -0.4 is 4.72 Å². The highest BCUT2D eigenvalue weighted by Gasteiger charge is 2.18. The molecule has 0 aliphatic rings. The van der Waals surface area contributed by atoms with Gasteiger partial charge in [-0.25, -0.2) is 8.42 Å². The summed E-state index contributed by atoms with van der Waals surface area (Å²) in [5.74, 6) is -2.63. The van der Waals surface area contributed by atoms with Crippen molar-refractivity contribution in [1.82, 2.24) is 0 Å². The van der Waals surface area contributed by atoms with Gasteiger partial charge in [0.25, 0.3) is 5.69 Å². The van der Waals surface area contributed by atoms with Crippen molar-refractivity contribution in [3.05, 3.63) is 32.8 Å². The second-order valence-electron chi connectivity index (χ2n) is 3.18. The molecule has 0 aromatic heterocycles. The first-order chi connectivity index (χ1) is 8.21. The maximum Gasteiger partial charge on any atom is 0.320 e. The SMILES string of the molecule is O=C(O)CS(=O)(=O)Nc1ccc(Br)c([N+](=O)[O-])c1. The van der Waals surface area contributed by atoms with Crippen LogP contribution in [0, 0.1) is 10.1 Å². The van der Waals surface area contributed by atoms with Crippen LogP contribution in [0.5, 0.6) is 0 Å². The maximum atomic E-state index is 11.3. The van der Waals surface area contributed by atoms with E-state index in [1.54, 1.807) is 0 Å². The van der Waals surface area contributed by atoms with Gasteiger partial charge in [0.15, 0.2) is 5.75 Å². The van der Waals surface area contributed by atoms with E-state index in [2.05, 4.69) is 15.9 Å². The molecule has 1 aromatic rings. The molecule has 10 heteroatoms. The van der Waals surface area contributed by atoms with Crippen LogP contribution in [0.2, 0.25) is 0 Å². The molecule has 1 rings (SSSR count). The van der Waals surface area contributed by atoms with Crippen molar-refractivity contribution < 1.29 is 23.2 Å². The Kier molecular flexibility index (Phi) is 4.24. The quantitative estimate of drug-likeness (QED) is 0.613. The fourth-order valence-electron chi connectivity index (χ4n) is 1.09. The van der Waals surface area contributed by atoms with Gasteiger partial charge in [0.2, 0.25) is 10.0 Å². The average molecular weight is 339 g/mol. The molecule has 8 nitrogen and oxygen atoms in total. The Balaban J connectivity index is 3.03. The van der Waals surface area contributed by atoms with E-state index in [4.69, 9.17) is 5.11 Å². The molecule has 98 valence electrons. The normalized spacial score (nSPS) is 10.9. The highest BCUT2D eigenvalue weighted by molar-refractivity contribution is 9.10. The number of nitro groups is 1. The molecule has 2 N–H and O–H groups in total. The Hall–Kier alpha value is -1.68. The minimum Gasteiger partial charge on any atom is -0.480 e. The van der Waals surface area contributed by atoms with Crippen LogP contribution in [0.1, 0.15) is 0 Å². The number of nitrogens with zero attached hydrogens (tertiary/aromatic N) is 1. The topological polar surface area (TPSA) is 127 Å². The first-order valence-corrected chi connectivity index (χ1v) is 6.82. The Morgan fingerprint density at radius 2 is 2.11 bits per heavy atom. The van der Waals surface area contributed by atoms with Crippen LogP contribution in [-0.2, 0) is 14.8 Å². The van der Waals surface area contributed by atoms with Crippen molar-refractivity contribution in [2.45, 2.75) is 0 Å². The van der Waals surface area contributed by atoms with Gasteiger partial charge < -0.3 is 5.11 Å². The molecule has 0 atom stereocenters. The predicted molar refractivity (Wildman–Crippen MR) is 65.8 cm³/mol. The van der Waals surface area contributed by atoms with Gasteiger partial charge in [-0.15, -0.1) is 0 Å². The molecule has 18 heavy (non-hydrogen) atoms. The summed E-state index contributed by atoms with van der Waals surface area (Å²) in [5, 5.41) is 19.0. The number of carbonyl (C=O) groups is 1. The van der Waals surface area contributed by atoms with Crippen molar-refractivity contribution in [2.24, 2.45) is 0 Å². The van der Waals surface area contributed by atoms with Gasteiger partial charge in [-0.3, -0.25) is 19.6 Å². The van der Waals surface area contributed by atoms with Crippen LogP contribution >= 0.6 is 15.9 Å². The van der Waals surface area contributed by atoms with E-state index in [1.807, 2.05) is 4.72 Å². The molecule has 0 radical (unpaired) electrons. The molecule has 1 aromatic carbocycles. The number of benzene rings is 1.